The molecule has 1 aromatic carbocycles. The molecule has 3 aromatic rings. The Hall–Kier alpha value is -3.33. The van der Waals surface area contributed by atoms with Crippen LogP contribution in [0.1, 0.15) is 27.2 Å². The molecule has 32 heavy (non-hydrogen) atoms. The van der Waals surface area contributed by atoms with Crippen LogP contribution < -0.4 is 15.0 Å². The highest BCUT2D eigenvalue weighted by molar-refractivity contribution is 5.75. The van der Waals surface area contributed by atoms with E-state index in [1.807, 2.05) is 6.07 Å². The zero-order valence-electron chi connectivity index (χ0n) is 18.6. The second kappa shape index (κ2) is 8.66. The lowest BCUT2D eigenvalue weighted by Crippen LogP contribution is -2.45. The highest BCUT2D eigenvalue weighted by atomic mass is 19.1. The number of ether oxygens (including phenoxy) is 1. The number of nitrogens with zero attached hydrogens (tertiary/aromatic N) is 5. The Labute approximate surface area is 186 Å². The minimum atomic E-state index is -0.519. The molecule has 4 rings (SSSR count). The normalized spacial score (nSPS) is 16.4. The van der Waals surface area contributed by atoms with E-state index < -0.39 is 5.82 Å². The van der Waals surface area contributed by atoms with Gasteiger partial charge in [-0.15, -0.1) is 15.3 Å². The molecule has 3 heterocycles. The summed E-state index contributed by atoms with van der Waals surface area (Å²) < 4.78 is 19.9. The van der Waals surface area contributed by atoms with Crippen LogP contribution in [0.25, 0.3) is 22.4 Å². The molecule has 1 unspecified atom stereocenters. The Bertz CT molecular complexity index is 1100. The largest absolute Gasteiger partial charge is 0.507 e. The molecular weight excluding hydrogens is 411 g/mol. The SMILES string of the molecule is COc1cc(-c2cc(O)c(-c3ccc(N4CCC(NC(C)(C)C)C4)nn3)cc2F)cnn1. The van der Waals surface area contributed by atoms with Gasteiger partial charge in [0.05, 0.1) is 19.0 Å². The van der Waals surface area contributed by atoms with E-state index in [0.717, 1.165) is 25.3 Å². The van der Waals surface area contributed by atoms with Crippen molar-refractivity contribution in [3.63, 3.8) is 0 Å². The topological polar surface area (TPSA) is 96.3 Å². The van der Waals surface area contributed by atoms with E-state index >= 15 is 0 Å². The van der Waals surface area contributed by atoms with Gasteiger partial charge < -0.3 is 20.1 Å². The Kier molecular flexibility index (Phi) is 5.92. The maximum atomic E-state index is 14.9. The maximum absolute atomic E-state index is 14.9. The number of nitrogens with one attached hydrogen (secondary N) is 1. The Morgan fingerprint density at radius 2 is 1.94 bits per heavy atom. The van der Waals surface area contributed by atoms with Crippen molar-refractivity contribution in [1.82, 2.24) is 25.7 Å². The number of hydrogen-bond acceptors (Lipinski definition) is 8. The van der Waals surface area contributed by atoms with Crippen LogP contribution >= 0.6 is 0 Å². The summed E-state index contributed by atoms with van der Waals surface area (Å²) in [6, 6.07) is 8.14. The lowest BCUT2D eigenvalue weighted by atomic mass is 10.0. The molecule has 1 saturated heterocycles. The monoisotopic (exact) mass is 438 g/mol. The molecule has 0 radical (unpaired) electrons. The molecule has 0 spiro atoms. The van der Waals surface area contributed by atoms with E-state index in [1.54, 1.807) is 12.1 Å². The van der Waals surface area contributed by atoms with Gasteiger partial charge in [0.25, 0.3) is 0 Å². The van der Waals surface area contributed by atoms with E-state index in [-0.39, 0.29) is 28.3 Å². The second-order valence-corrected chi connectivity index (χ2v) is 8.94. The fourth-order valence-electron chi connectivity index (χ4n) is 3.92. The van der Waals surface area contributed by atoms with Crippen LogP contribution in [0.15, 0.2) is 36.5 Å². The predicted molar refractivity (Wildman–Crippen MR) is 120 cm³/mol. The number of phenols is 1. The number of rotatable bonds is 5. The minimum Gasteiger partial charge on any atom is -0.507 e. The van der Waals surface area contributed by atoms with Crippen molar-refractivity contribution < 1.29 is 14.2 Å². The third-order valence-corrected chi connectivity index (χ3v) is 5.31. The van der Waals surface area contributed by atoms with Crippen molar-refractivity contribution in [2.75, 3.05) is 25.1 Å². The number of halogens is 1. The first-order chi connectivity index (χ1) is 15.2. The summed E-state index contributed by atoms with van der Waals surface area (Å²) in [6.45, 7) is 8.21. The van der Waals surface area contributed by atoms with E-state index in [9.17, 15) is 9.50 Å². The molecule has 1 aliphatic rings. The number of aromatic hydroxyl groups is 1. The van der Waals surface area contributed by atoms with Gasteiger partial charge in [0.2, 0.25) is 5.88 Å². The van der Waals surface area contributed by atoms with Crippen molar-refractivity contribution in [3.05, 3.63) is 42.3 Å². The zero-order valence-corrected chi connectivity index (χ0v) is 18.6. The van der Waals surface area contributed by atoms with E-state index in [2.05, 4.69) is 51.4 Å². The summed E-state index contributed by atoms with van der Waals surface area (Å²) in [4.78, 5) is 2.17. The van der Waals surface area contributed by atoms with Crippen molar-refractivity contribution >= 4 is 5.82 Å². The third kappa shape index (κ3) is 4.77. The zero-order chi connectivity index (χ0) is 22.9. The van der Waals surface area contributed by atoms with Crippen molar-refractivity contribution in [2.45, 2.75) is 38.8 Å². The van der Waals surface area contributed by atoms with Gasteiger partial charge in [0.15, 0.2) is 5.82 Å². The molecular formula is C23H27FN6O2. The number of phenolic OH excluding ortho intramolecular Hbond substituents is 1. The molecule has 9 heteroatoms. The maximum Gasteiger partial charge on any atom is 0.233 e. The van der Waals surface area contributed by atoms with Gasteiger partial charge in [-0.25, -0.2) is 4.39 Å². The molecule has 168 valence electrons. The Morgan fingerprint density at radius 3 is 2.62 bits per heavy atom. The molecule has 1 fully saturated rings. The molecule has 0 saturated carbocycles. The second-order valence-electron chi connectivity index (χ2n) is 8.94. The van der Waals surface area contributed by atoms with Gasteiger partial charge in [0.1, 0.15) is 11.6 Å². The number of anilines is 1. The average molecular weight is 439 g/mol. The summed E-state index contributed by atoms with van der Waals surface area (Å²) >= 11 is 0. The van der Waals surface area contributed by atoms with Crippen LogP contribution in [0.3, 0.4) is 0 Å². The summed E-state index contributed by atoms with van der Waals surface area (Å²) in [5.74, 6) is 0.400. The average Bonchev–Trinajstić information content (AvgIpc) is 3.22. The Balaban J connectivity index is 1.54. The van der Waals surface area contributed by atoms with E-state index in [1.165, 1.54) is 25.4 Å². The third-order valence-electron chi connectivity index (χ3n) is 5.31. The molecule has 0 bridgehead atoms. The van der Waals surface area contributed by atoms with Crippen LogP contribution in [0.2, 0.25) is 0 Å². The van der Waals surface area contributed by atoms with Gasteiger partial charge in [-0.05, 0) is 51.5 Å². The highest BCUT2D eigenvalue weighted by Gasteiger charge is 2.27. The molecule has 2 aromatic heterocycles. The van der Waals surface area contributed by atoms with Gasteiger partial charge in [-0.2, -0.15) is 5.10 Å². The molecule has 8 nitrogen and oxygen atoms in total. The van der Waals surface area contributed by atoms with Crippen LogP contribution in [0, 0.1) is 5.82 Å². The van der Waals surface area contributed by atoms with Gasteiger partial charge in [-0.1, -0.05) is 0 Å². The predicted octanol–water partition coefficient (Wildman–Crippen LogP) is 3.42. The van der Waals surface area contributed by atoms with Gasteiger partial charge >= 0.3 is 0 Å². The molecule has 1 aliphatic heterocycles. The molecule has 1 atom stereocenters. The van der Waals surface area contributed by atoms with Crippen LogP contribution in [0.4, 0.5) is 10.2 Å². The number of hydrogen-bond donors (Lipinski definition) is 2. The smallest absolute Gasteiger partial charge is 0.233 e. The number of aromatic nitrogens is 4. The number of benzene rings is 1. The van der Waals surface area contributed by atoms with E-state index in [0.29, 0.717) is 17.3 Å². The first-order valence-corrected chi connectivity index (χ1v) is 10.5. The van der Waals surface area contributed by atoms with Crippen molar-refractivity contribution in [3.8, 4) is 34.0 Å². The van der Waals surface area contributed by atoms with Crippen molar-refractivity contribution in [1.29, 1.82) is 0 Å². The Morgan fingerprint density at radius 1 is 1.12 bits per heavy atom. The molecule has 0 aliphatic carbocycles. The standard InChI is InChI=1S/C23H27FN6O2/c1-23(2,3)26-15-7-8-30(13-15)21-6-5-19(27-28-21)17-10-18(24)16(11-20(17)31)14-9-22(32-4)29-25-12-14/h5-6,9-12,15,26,31H,7-8,13H2,1-4H3. The lowest BCUT2D eigenvalue weighted by Gasteiger charge is -2.26. The number of methoxy groups -OCH3 is 1. The van der Waals surface area contributed by atoms with Crippen LogP contribution in [-0.4, -0.2) is 57.3 Å². The first kappa shape index (κ1) is 21.9. The first-order valence-electron chi connectivity index (χ1n) is 10.5. The summed E-state index contributed by atoms with van der Waals surface area (Å²) in [6.07, 6.45) is 2.44. The fraction of sp³-hybridized carbons (Fsp3) is 0.391. The molecule has 0 amide bonds. The fourth-order valence-corrected chi connectivity index (χ4v) is 3.92. The summed E-state index contributed by atoms with van der Waals surface area (Å²) in [7, 11) is 1.45. The lowest BCUT2D eigenvalue weighted by molar-refractivity contribution is 0.373. The van der Waals surface area contributed by atoms with Crippen LogP contribution in [0.5, 0.6) is 11.6 Å². The van der Waals surface area contributed by atoms with Crippen molar-refractivity contribution in [2.24, 2.45) is 0 Å². The quantitative estimate of drug-likeness (QED) is 0.626. The summed E-state index contributed by atoms with van der Waals surface area (Å²) in [5.41, 5.74) is 1.36. The van der Waals surface area contributed by atoms with Crippen LogP contribution in [-0.2, 0) is 0 Å². The minimum absolute atomic E-state index is 0.0570. The van der Waals surface area contributed by atoms with Gasteiger partial charge in [-0.3, -0.25) is 0 Å². The van der Waals surface area contributed by atoms with E-state index in [4.69, 9.17) is 4.74 Å². The highest BCUT2D eigenvalue weighted by Crippen LogP contribution is 2.35. The van der Waals surface area contributed by atoms with Gasteiger partial charge in [0, 0.05) is 47.4 Å². The summed E-state index contributed by atoms with van der Waals surface area (Å²) in [5, 5.41) is 30.3. The molecule has 2 N–H and O–H groups in total.